The van der Waals surface area contributed by atoms with Crippen molar-refractivity contribution in [3.63, 3.8) is 0 Å². The smallest absolute Gasteiger partial charge is 0.292 e. The number of Topliss-reactive ketones (excluding diaryl/α,β-unsaturated/α-hetero) is 1. The molecule has 9 heteroatoms. The molecule has 0 saturated carbocycles. The van der Waals surface area contributed by atoms with Crippen LogP contribution in [0, 0.1) is 11.7 Å². The number of carbonyl (C=O) groups excluding carboxylic acids is 2. The van der Waals surface area contributed by atoms with Crippen molar-refractivity contribution in [1.82, 2.24) is 4.72 Å². The predicted octanol–water partition coefficient (Wildman–Crippen LogP) is 3.75. The second-order valence-electron chi connectivity index (χ2n) is 6.56. The zero-order valence-corrected chi connectivity index (χ0v) is 17.5. The highest BCUT2D eigenvalue weighted by Crippen LogP contribution is 2.27. The summed E-state index contributed by atoms with van der Waals surface area (Å²) < 4.78 is 41.4. The van der Waals surface area contributed by atoms with E-state index in [1.807, 2.05) is 0 Å². The van der Waals surface area contributed by atoms with E-state index in [0.29, 0.717) is 11.3 Å². The Balaban J connectivity index is 1.87. The molecule has 0 bridgehead atoms. The zero-order chi connectivity index (χ0) is 21.7. The molecule has 0 spiro atoms. The van der Waals surface area contributed by atoms with Crippen LogP contribution in [0.15, 0.2) is 76.3 Å². The zero-order valence-electron chi connectivity index (χ0n) is 15.9. The third-order valence-electron chi connectivity index (χ3n) is 4.44. The lowest BCUT2D eigenvalue weighted by Gasteiger charge is -2.24. The van der Waals surface area contributed by atoms with Crippen LogP contribution in [0.5, 0.6) is 0 Å². The molecule has 3 aromatic rings. The number of ketones is 1. The lowest BCUT2D eigenvalue weighted by molar-refractivity contribution is -0.137. The third kappa shape index (κ3) is 5.18. The number of carbonyl (C=O) groups is 2. The van der Waals surface area contributed by atoms with Crippen LogP contribution in [0.2, 0.25) is 0 Å². The van der Waals surface area contributed by atoms with Gasteiger partial charge in [-0.25, -0.2) is 17.5 Å². The van der Waals surface area contributed by atoms with Gasteiger partial charge < -0.3 is 5.32 Å². The van der Waals surface area contributed by atoms with Crippen LogP contribution in [-0.4, -0.2) is 20.1 Å². The highest BCUT2D eigenvalue weighted by molar-refractivity contribution is 7.91. The average molecular weight is 447 g/mol. The molecule has 0 aliphatic rings. The number of anilines is 1. The summed E-state index contributed by atoms with van der Waals surface area (Å²) in [5, 5.41) is 4.12. The van der Waals surface area contributed by atoms with Crippen molar-refractivity contribution in [1.29, 1.82) is 0 Å². The van der Waals surface area contributed by atoms with Gasteiger partial charge in [-0.2, -0.15) is 0 Å². The van der Waals surface area contributed by atoms with E-state index in [-0.39, 0.29) is 4.21 Å². The molecule has 0 aliphatic carbocycles. The molecular weight excluding hydrogens is 427 g/mol. The first-order valence-corrected chi connectivity index (χ1v) is 11.4. The molecule has 0 aliphatic heterocycles. The van der Waals surface area contributed by atoms with Crippen LogP contribution in [0.25, 0.3) is 0 Å². The van der Waals surface area contributed by atoms with Gasteiger partial charge in [-0.1, -0.05) is 43.3 Å². The highest BCUT2D eigenvalue weighted by atomic mass is 32.2. The summed E-state index contributed by atoms with van der Waals surface area (Å²) >= 11 is 1.02. The van der Waals surface area contributed by atoms with Crippen LogP contribution in [0.3, 0.4) is 0 Å². The van der Waals surface area contributed by atoms with E-state index in [1.165, 1.54) is 37.3 Å². The van der Waals surface area contributed by atoms with Crippen molar-refractivity contribution < 1.29 is 22.4 Å². The largest absolute Gasteiger partial charge is 0.319 e. The molecule has 3 rings (SSSR count). The lowest BCUT2D eigenvalue weighted by Crippen LogP contribution is -2.39. The van der Waals surface area contributed by atoms with Crippen LogP contribution in [0.1, 0.15) is 18.5 Å². The van der Waals surface area contributed by atoms with Gasteiger partial charge >= 0.3 is 0 Å². The fraction of sp³-hybridized carbons (Fsp3) is 0.143. The molecule has 1 heterocycles. The van der Waals surface area contributed by atoms with Crippen LogP contribution >= 0.6 is 11.3 Å². The molecule has 2 atom stereocenters. The molecule has 156 valence electrons. The van der Waals surface area contributed by atoms with E-state index in [2.05, 4.69) is 10.0 Å². The maximum atomic E-state index is 13.4. The normalized spacial score (nSPS) is 13.4. The summed E-state index contributed by atoms with van der Waals surface area (Å²) in [6.45, 7) is 1.46. The number of hydrogen-bond acceptors (Lipinski definition) is 5. The summed E-state index contributed by atoms with van der Waals surface area (Å²) in [5.41, 5.74) is 0.811. The SMILES string of the molecule is C[C@@H](C(=O)C(=O)Nc1ccccc1)[C@@H](NS(=O)(=O)c1cccs1)c1ccc(F)cc1. The van der Waals surface area contributed by atoms with E-state index in [9.17, 15) is 22.4 Å². The van der Waals surface area contributed by atoms with Gasteiger partial charge in [0.25, 0.3) is 15.9 Å². The first-order valence-electron chi connectivity index (χ1n) is 8.99. The van der Waals surface area contributed by atoms with Gasteiger partial charge in [0, 0.05) is 11.6 Å². The monoisotopic (exact) mass is 446 g/mol. The quantitative estimate of drug-likeness (QED) is 0.516. The van der Waals surface area contributed by atoms with Crippen LogP contribution in [0.4, 0.5) is 10.1 Å². The molecule has 30 heavy (non-hydrogen) atoms. The highest BCUT2D eigenvalue weighted by Gasteiger charge is 2.33. The second-order valence-corrected chi connectivity index (χ2v) is 9.44. The summed E-state index contributed by atoms with van der Waals surface area (Å²) in [4.78, 5) is 25.2. The minimum absolute atomic E-state index is 0.0722. The summed E-state index contributed by atoms with van der Waals surface area (Å²) in [7, 11) is -3.95. The molecule has 2 N–H and O–H groups in total. The van der Waals surface area contributed by atoms with Crippen LogP contribution in [-0.2, 0) is 19.6 Å². The number of sulfonamides is 1. The summed E-state index contributed by atoms with van der Waals surface area (Å²) in [6, 6.07) is 15.5. The summed E-state index contributed by atoms with van der Waals surface area (Å²) in [6.07, 6.45) is 0. The number of rotatable bonds is 8. The topological polar surface area (TPSA) is 92.3 Å². The Morgan fingerprint density at radius 1 is 0.967 bits per heavy atom. The van der Waals surface area contributed by atoms with Gasteiger partial charge in [-0.15, -0.1) is 11.3 Å². The Bertz CT molecular complexity index is 1120. The number of halogens is 1. The van der Waals surface area contributed by atoms with Crippen molar-refractivity contribution in [3.8, 4) is 0 Å². The lowest BCUT2D eigenvalue weighted by atomic mass is 9.91. The first-order chi connectivity index (χ1) is 14.3. The Morgan fingerprint density at radius 2 is 1.63 bits per heavy atom. The van der Waals surface area contributed by atoms with Crippen molar-refractivity contribution in [3.05, 3.63) is 83.5 Å². The van der Waals surface area contributed by atoms with Gasteiger partial charge in [0.1, 0.15) is 10.0 Å². The van der Waals surface area contributed by atoms with E-state index in [1.54, 1.807) is 41.8 Å². The van der Waals surface area contributed by atoms with Crippen molar-refractivity contribution >= 4 is 38.7 Å². The molecule has 0 fully saturated rings. The van der Waals surface area contributed by atoms with Gasteiger partial charge in [-0.05, 0) is 41.3 Å². The Labute approximate surface area is 177 Å². The first kappa shape index (κ1) is 21.8. The molecule has 1 amide bonds. The molecule has 2 aromatic carbocycles. The Hall–Kier alpha value is -2.88. The van der Waals surface area contributed by atoms with Crippen molar-refractivity contribution in [2.24, 2.45) is 5.92 Å². The molecule has 1 aromatic heterocycles. The molecule has 0 saturated heterocycles. The van der Waals surface area contributed by atoms with E-state index >= 15 is 0 Å². The van der Waals surface area contributed by atoms with E-state index < -0.39 is 39.5 Å². The molecular formula is C21H19FN2O4S2. The Kier molecular flexibility index (Phi) is 6.76. The van der Waals surface area contributed by atoms with Crippen molar-refractivity contribution in [2.45, 2.75) is 17.2 Å². The minimum atomic E-state index is -3.95. The number of hydrogen-bond donors (Lipinski definition) is 2. The van der Waals surface area contributed by atoms with Crippen LogP contribution < -0.4 is 10.0 Å². The second kappa shape index (κ2) is 9.29. The predicted molar refractivity (Wildman–Crippen MR) is 113 cm³/mol. The third-order valence-corrected chi connectivity index (χ3v) is 7.28. The molecule has 6 nitrogen and oxygen atoms in total. The summed E-state index contributed by atoms with van der Waals surface area (Å²) in [5.74, 6) is -3.22. The van der Waals surface area contributed by atoms with E-state index in [4.69, 9.17) is 0 Å². The van der Waals surface area contributed by atoms with Crippen molar-refractivity contribution in [2.75, 3.05) is 5.32 Å². The van der Waals surface area contributed by atoms with E-state index in [0.717, 1.165) is 11.3 Å². The average Bonchev–Trinajstić information content (AvgIpc) is 3.28. The maximum Gasteiger partial charge on any atom is 0.292 e. The Morgan fingerprint density at radius 3 is 2.23 bits per heavy atom. The fourth-order valence-corrected chi connectivity index (χ4v) is 5.16. The molecule has 0 unspecified atom stereocenters. The fourth-order valence-electron chi connectivity index (χ4n) is 2.84. The number of nitrogens with one attached hydrogen (secondary N) is 2. The van der Waals surface area contributed by atoms with Gasteiger partial charge in [0.05, 0.1) is 6.04 Å². The molecule has 0 radical (unpaired) electrons. The standard InChI is InChI=1S/C21H19FN2O4S2/c1-14(20(25)21(26)23-17-6-3-2-4-7-17)19(15-9-11-16(22)12-10-15)24-30(27,28)18-8-5-13-29-18/h2-14,19,24H,1H3,(H,23,26)/t14-,19-/m1/s1. The van der Waals surface area contributed by atoms with Gasteiger partial charge in [0.2, 0.25) is 5.78 Å². The number of para-hydroxylation sites is 1. The number of benzene rings is 2. The van der Waals surface area contributed by atoms with Gasteiger partial charge in [0.15, 0.2) is 0 Å². The minimum Gasteiger partial charge on any atom is -0.319 e. The number of amides is 1. The number of thiophene rings is 1. The maximum absolute atomic E-state index is 13.4. The van der Waals surface area contributed by atoms with Gasteiger partial charge in [-0.3, -0.25) is 9.59 Å².